The highest BCUT2D eigenvalue weighted by Crippen LogP contribution is 2.27. The smallest absolute Gasteiger partial charge is 0.244 e. The lowest BCUT2D eigenvalue weighted by Gasteiger charge is -2.17. The number of fused-ring (bicyclic) bond motifs is 1. The number of carbonyl (C=O) groups is 1. The molecule has 3 aromatic rings. The number of hydrogen-bond acceptors (Lipinski definition) is 8. The van der Waals surface area contributed by atoms with Crippen LogP contribution in [0.15, 0.2) is 24.7 Å². The Morgan fingerprint density at radius 2 is 1.93 bits per heavy atom. The van der Waals surface area contributed by atoms with Crippen LogP contribution in [0.4, 0.5) is 11.6 Å². The highest BCUT2D eigenvalue weighted by Gasteiger charge is 2.18. The molecule has 3 aromatic heterocycles. The molecule has 1 aliphatic heterocycles. The summed E-state index contributed by atoms with van der Waals surface area (Å²) in [6.45, 7) is 2.08. The SMILES string of the molecule is COC1CCCC1.Cc1nc(-c2ncn[nH]2)ccc1-c1cnc2c(n1)NC(=O)CN2.[HH]. The van der Waals surface area contributed by atoms with Crippen LogP contribution < -0.4 is 10.6 Å². The summed E-state index contributed by atoms with van der Waals surface area (Å²) in [5.74, 6) is 1.46. The summed E-state index contributed by atoms with van der Waals surface area (Å²) >= 11 is 0. The number of rotatable bonds is 3. The van der Waals surface area contributed by atoms with Crippen molar-refractivity contribution in [2.75, 3.05) is 24.3 Å². The summed E-state index contributed by atoms with van der Waals surface area (Å²) in [4.78, 5) is 28.8. The predicted octanol–water partition coefficient (Wildman–Crippen LogP) is 2.82. The van der Waals surface area contributed by atoms with Crippen LogP contribution in [0, 0.1) is 6.92 Å². The fourth-order valence-electron chi connectivity index (χ4n) is 3.49. The van der Waals surface area contributed by atoms with Crippen molar-refractivity contribution in [2.45, 2.75) is 38.7 Å². The average molecular weight is 410 g/mol. The van der Waals surface area contributed by atoms with Gasteiger partial charge in [0.15, 0.2) is 17.5 Å². The van der Waals surface area contributed by atoms with E-state index in [1.807, 2.05) is 19.1 Å². The third-order valence-electron chi connectivity index (χ3n) is 5.10. The van der Waals surface area contributed by atoms with Crippen LogP contribution in [0.5, 0.6) is 0 Å². The molecule has 0 aromatic carbocycles. The highest BCUT2D eigenvalue weighted by atomic mass is 16.5. The Kier molecular flexibility index (Phi) is 5.94. The molecular formula is C20H26N8O2. The molecule has 1 aliphatic carbocycles. The number of aromatic nitrogens is 6. The number of pyridine rings is 1. The second-order valence-electron chi connectivity index (χ2n) is 7.16. The Morgan fingerprint density at radius 1 is 1.10 bits per heavy atom. The summed E-state index contributed by atoms with van der Waals surface area (Å²) in [6, 6.07) is 3.73. The molecule has 0 saturated heterocycles. The standard InChI is InChI=1S/C14H12N8O.C6H12O.H2/c1-7-8(2-3-9(19-7)12-17-6-18-22-12)10-4-15-13-14(20-10)21-11(23)5-16-13;1-7-6-4-2-3-5-6;/h2-4,6H,5H2,1H3,(H,15,16)(H,17,18,22)(H,20,21,23);6H,2-5H2,1H3;1H. The molecule has 4 heterocycles. The topological polar surface area (TPSA) is 131 Å². The van der Waals surface area contributed by atoms with E-state index in [-0.39, 0.29) is 13.9 Å². The lowest BCUT2D eigenvalue weighted by atomic mass is 10.1. The number of amides is 1. The Labute approximate surface area is 175 Å². The third-order valence-corrected chi connectivity index (χ3v) is 5.10. The van der Waals surface area contributed by atoms with Crippen molar-refractivity contribution >= 4 is 17.5 Å². The maximum absolute atomic E-state index is 11.4. The van der Waals surface area contributed by atoms with Crippen molar-refractivity contribution in [3.63, 3.8) is 0 Å². The Balaban J connectivity index is 0.000000292. The lowest BCUT2D eigenvalue weighted by molar-refractivity contribution is -0.114. The van der Waals surface area contributed by atoms with Crippen molar-refractivity contribution < 1.29 is 11.0 Å². The first-order valence-corrected chi connectivity index (χ1v) is 9.91. The van der Waals surface area contributed by atoms with Gasteiger partial charge >= 0.3 is 0 Å². The van der Waals surface area contributed by atoms with Crippen molar-refractivity contribution in [3.05, 3.63) is 30.4 Å². The molecule has 0 atom stereocenters. The molecule has 10 nitrogen and oxygen atoms in total. The molecule has 10 heteroatoms. The summed E-state index contributed by atoms with van der Waals surface area (Å²) < 4.78 is 5.11. The molecule has 1 amide bonds. The van der Waals surface area contributed by atoms with E-state index in [1.165, 1.54) is 32.0 Å². The van der Waals surface area contributed by atoms with Crippen LogP contribution >= 0.6 is 0 Å². The van der Waals surface area contributed by atoms with Crippen LogP contribution in [-0.2, 0) is 9.53 Å². The highest BCUT2D eigenvalue weighted by molar-refractivity contribution is 5.98. The number of nitrogens with one attached hydrogen (secondary N) is 3. The summed E-state index contributed by atoms with van der Waals surface area (Å²) in [7, 11) is 1.80. The maximum Gasteiger partial charge on any atom is 0.244 e. The monoisotopic (exact) mass is 410 g/mol. The van der Waals surface area contributed by atoms with E-state index in [4.69, 9.17) is 4.74 Å². The summed E-state index contributed by atoms with van der Waals surface area (Å²) in [6.07, 6.45) is 9.01. The minimum absolute atomic E-state index is 0. The number of anilines is 2. The first-order valence-electron chi connectivity index (χ1n) is 9.91. The molecule has 2 aliphatic rings. The molecule has 1 saturated carbocycles. The van der Waals surface area contributed by atoms with Gasteiger partial charge in [-0.25, -0.2) is 19.9 Å². The molecule has 0 radical (unpaired) electrons. The van der Waals surface area contributed by atoms with Gasteiger partial charge in [-0.15, -0.1) is 0 Å². The second kappa shape index (κ2) is 8.95. The normalized spacial score (nSPS) is 15.6. The molecule has 3 N–H and O–H groups in total. The van der Waals surface area contributed by atoms with Crippen LogP contribution in [0.25, 0.3) is 22.8 Å². The first-order chi connectivity index (χ1) is 14.6. The van der Waals surface area contributed by atoms with Gasteiger partial charge in [-0.1, -0.05) is 12.8 Å². The minimum Gasteiger partial charge on any atom is -0.381 e. The van der Waals surface area contributed by atoms with Crippen LogP contribution in [0.1, 0.15) is 32.8 Å². The van der Waals surface area contributed by atoms with E-state index in [2.05, 4.69) is 40.8 Å². The van der Waals surface area contributed by atoms with Crippen LogP contribution in [0.3, 0.4) is 0 Å². The first kappa shape index (κ1) is 19.9. The Hall–Kier alpha value is -3.40. The second-order valence-corrected chi connectivity index (χ2v) is 7.16. The van der Waals surface area contributed by atoms with Crippen molar-refractivity contribution in [3.8, 4) is 22.8 Å². The minimum atomic E-state index is -0.139. The number of nitrogens with zero attached hydrogens (tertiary/aromatic N) is 5. The van der Waals surface area contributed by atoms with Crippen molar-refractivity contribution in [2.24, 2.45) is 0 Å². The fraction of sp³-hybridized carbons (Fsp3) is 0.400. The van der Waals surface area contributed by atoms with E-state index in [9.17, 15) is 4.79 Å². The van der Waals surface area contributed by atoms with Gasteiger partial charge in [0.2, 0.25) is 5.91 Å². The number of hydrogen-bond donors (Lipinski definition) is 3. The number of methoxy groups -OCH3 is 1. The van der Waals surface area contributed by atoms with E-state index in [0.29, 0.717) is 35.0 Å². The average Bonchev–Trinajstić information content (AvgIpc) is 3.47. The van der Waals surface area contributed by atoms with E-state index in [1.54, 1.807) is 13.3 Å². The van der Waals surface area contributed by atoms with Crippen molar-refractivity contribution in [1.29, 1.82) is 0 Å². The third kappa shape index (κ3) is 4.43. The molecule has 0 spiro atoms. The Bertz CT molecular complexity index is 1020. The zero-order chi connectivity index (χ0) is 20.9. The predicted molar refractivity (Wildman–Crippen MR) is 114 cm³/mol. The van der Waals surface area contributed by atoms with Gasteiger partial charge in [0.05, 0.1) is 24.5 Å². The molecule has 1 fully saturated rings. The number of carbonyl (C=O) groups excluding carboxylic acids is 1. The largest absolute Gasteiger partial charge is 0.381 e. The van der Waals surface area contributed by atoms with Gasteiger partial charge in [-0.3, -0.25) is 9.89 Å². The van der Waals surface area contributed by atoms with Crippen LogP contribution in [0.2, 0.25) is 0 Å². The van der Waals surface area contributed by atoms with Crippen LogP contribution in [-0.4, -0.2) is 55.8 Å². The van der Waals surface area contributed by atoms with Gasteiger partial charge in [-0.05, 0) is 31.9 Å². The maximum atomic E-state index is 11.4. The summed E-state index contributed by atoms with van der Waals surface area (Å²) in [5, 5.41) is 12.2. The lowest BCUT2D eigenvalue weighted by Crippen LogP contribution is -2.28. The molecule has 158 valence electrons. The number of H-pyrrole nitrogens is 1. The zero-order valence-electron chi connectivity index (χ0n) is 17.0. The summed E-state index contributed by atoms with van der Waals surface area (Å²) in [5.41, 5.74) is 2.96. The van der Waals surface area contributed by atoms with Gasteiger partial charge in [0.1, 0.15) is 12.0 Å². The van der Waals surface area contributed by atoms with E-state index >= 15 is 0 Å². The molecular weight excluding hydrogens is 384 g/mol. The quantitative estimate of drug-likeness (QED) is 0.601. The van der Waals surface area contributed by atoms with Crippen molar-refractivity contribution in [1.82, 2.24) is 30.1 Å². The zero-order valence-corrected chi connectivity index (χ0v) is 17.0. The molecule has 5 rings (SSSR count). The van der Waals surface area contributed by atoms with Gasteiger partial charge in [0.25, 0.3) is 0 Å². The molecule has 0 unspecified atom stereocenters. The van der Waals surface area contributed by atoms with Gasteiger partial charge in [-0.2, -0.15) is 5.10 Å². The number of aryl methyl sites for hydroxylation is 1. The van der Waals surface area contributed by atoms with E-state index in [0.717, 1.165) is 11.3 Å². The number of ether oxygens (including phenoxy) is 1. The molecule has 30 heavy (non-hydrogen) atoms. The number of aromatic amines is 1. The van der Waals surface area contributed by atoms with Gasteiger partial charge in [0, 0.05) is 19.8 Å². The molecule has 0 bridgehead atoms. The van der Waals surface area contributed by atoms with Gasteiger partial charge < -0.3 is 15.4 Å². The Morgan fingerprint density at radius 3 is 2.60 bits per heavy atom. The van der Waals surface area contributed by atoms with E-state index < -0.39 is 0 Å². The fourth-order valence-corrected chi connectivity index (χ4v) is 3.49.